The number of ether oxygens (including phenoxy) is 1. The lowest BCUT2D eigenvalue weighted by Crippen LogP contribution is -2.28. The highest BCUT2D eigenvalue weighted by Gasteiger charge is 2.26. The highest BCUT2D eigenvalue weighted by Crippen LogP contribution is 2.21. The molecule has 2 rings (SSSR count). The van der Waals surface area contributed by atoms with E-state index in [0.717, 1.165) is 12.8 Å². The largest absolute Gasteiger partial charge is 0.390 e. The summed E-state index contributed by atoms with van der Waals surface area (Å²) in [6.07, 6.45) is 0.468. The van der Waals surface area contributed by atoms with Gasteiger partial charge in [0.2, 0.25) is 0 Å². The zero-order valence-corrected chi connectivity index (χ0v) is 8.83. The molecular weight excluding hydrogens is 214 g/mol. The second kappa shape index (κ2) is 4.89. The highest BCUT2D eigenvalue weighted by molar-refractivity contribution is 5.20. The van der Waals surface area contributed by atoms with E-state index in [1.54, 1.807) is 0 Å². The number of hydrogen-bond acceptors (Lipinski definition) is 2. The van der Waals surface area contributed by atoms with Crippen LogP contribution in [0.3, 0.4) is 0 Å². The number of hydrogen-bond donors (Lipinski definition) is 1. The van der Waals surface area contributed by atoms with E-state index in [9.17, 15) is 13.9 Å². The number of benzene rings is 1. The summed E-state index contributed by atoms with van der Waals surface area (Å²) in [6.45, 7) is 0.613. The molecule has 88 valence electrons. The van der Waals surface area contributed by atoms with Crippen LogP contribution in [0.2, 0.25) is 0 Å². The molecule has 4 heteroatoms. The van der Waals surface area contributed by atoms with E-state index in [1.165, 1.54) is 18.2 Å². The van der Waals surface area contributed by atoms with Gasteiger partial charge in [0.15, 0.2) is 0 Å². The van der Waals surface area contributed by atoms with Crippen molar-refractivity contribution < 1.29 is 18.6 Å². The summed E-state index contributed by atoms with van der Waals surface area (Å²) < 4.78 is 31.9. The van der Waals surface area contributed by atoms with Crippen LogP contribution in [0, 0.1) is 11.6 Å². The minimum atomic E-state index is -0.839. The van der Waals surface area contributed by atoms with Gasteiger partial charge in [0.1, 0.15) is 11.6 Å². The summed E-state index contributed by atoms with van der Waals surface area (Å²) in [5.41, 5.74) is -0.0644. The van der Waals surface area contributed by atoms with Crippen LogP contribution >= 0.6 is 0 Å². The predicted octanol–water partition coefficient (Wildman–Crippen LogP) is 2.05. The Morgan fingerprint density at radius 1 is 1.38 bits per heavy atom. The molecule has 0 spiro atoms. The first-order valence-corrected chi connectivity index (χ1v) is 5.41. The lowest BCUT2D eigenvalue weighted by atomic mass is 10.0. The first-order chi connectivity index (χ1) is 7.68. The van der Waals surface area contributed by atoms with Gasteiger partial charge in [0.25, 0.3) is 0 Å². The molecule has 16 heavy (non-hydrogen) atoms. The summed E-state index contributed by atoms with van der Waals surface area (Å²) >= 11 is 0. The number of aliphatic hydroxyl groups is 1. The quantitative estimate of drug-likeness (QED) is 0.858. The average Bonchev–Trinajstić information content (AvgIpc) is 2.76. The maximum absolute atomic E-state index is 13.3. The molecule has 0 aromatic heterocycles. The summed E-state index contributed by atoms with van der Waals surface area (Å²) in [5.74, 6) is -1.23. The number of rotatable bonds is 3. The summed E-state index contributed by atoms with van der Waals surface area (Å²) in [6, 6.07) is 3.70. The smallest absolute Gasteiger partial charge is 0.129 e. The van der Waals surface area contributed by atoms with Crippen LogP contribution in [0.15, 0.2) is 18.2 Å². The standard InChI is InChI=1S/C12H14F2O2/c13-9-3-1-4-10(14)8(9)7-11(15)12-5-2-6-16-12/h1,3-4,11-12,15H,2,5-7H2. The summed E-state index contributed by atoms with van der Waals surface area (Å²) in [5, 5.41) is 9.79. The Labute approximate surface area is 92.9 Å². The molecule has 1 fully saturated rings. The van der Waals surface area contributed by atoms with Gasteiger partial charge in [-0.1, -0.05) is 6.07 Å². The molecule has 2 atom stereocenters. The highest BCUT2D eigenvalue weighted by atomic mass is 19.1. The van der Waals surface area contributed by atoms with Crippen LogP contribution in [0.4, 0.5) is 8.78 Å². The SMILES string of the molecule is OC(Cc1c(F)cccc1F)C1CCCO1. The van der Waals surface area contributed by atoms with Crippen molar-refractivity contribution in [3.8, 4) is 0 Å². The Balaban J connectivity index is 2.07. The van der Waals surface area contributed by atoms with Crippen molar-refractivity contribution in [2.24, 2.45) is 0 Å². The molecule has 1 aromatic carbocycles. The van der Waals surface area contributed by atoms with Crippen LogP contribution in [0.25, 0.3) is 0 Å². The van der Waals surface area contributed by atoms with Crippen LogP contribution in [0.5, 0.6) is 0 Å². The van der Waals surface area contributed by atoms with Crippen LogP contribution < -0.4 is 0 Å². The van der Waals surface area contributed by atoms with Crippen molar-refractivity contribution in [3.63, 3.8) is 0 Å². The minimum Gasteiger partial charge on any atom is -0.390 e. The van der Waals surface area contributed by atoms with Crippen LogP contribution in [-0.4, -0.2) is 23.9 Å². The zero-order chi connectivity index (χ0) is 11.5. The Morgan fingerprint density at radius 3 is 2.62 bits per heavy atom. The van der Waals surface area contributed by atoms with Gasteiger partial charge in [-0.05, 0) is 25.0 Å². The van der Waals surface area contributed by atoms with Crippen molar-refractivity contribution in [3.05, 3.63) is 35.4 Å². The van der Waals surface area contributed by atoms with Gasteiger partial charge >= 0.3 is 0 Å². The zero-order valence-electron chi connectivity index (χ0n) is 8.83. The van der Waals surface area contributed by atoms with Gasteiger partial charge < -0.3 is 9.84 Å². The fraction of sp³-hybridized carbons (Fsp3) is 0.500. The molecule has 0 bridgehead atoms. The molecule has 1 heterocycles. The van der Waals surface area contributed by atoms with Crippen LogP contribution in [0.1, 0.15) is 18.4 Å². The molecule has 1 aliphatic rings. The Kier molecular flexibility index (Phi) is 3.51. The first-order valence-electron chi connectivity index (χ1n) is 5.41. The normalized spacial score (nSPS) is 22.3. The Hall–Kier alpha value is -1.00. The maximum atomic E-state index is 13.3. The van der Waals surface area contributed by atoms with E-state index in [2.05, 4.69) is 0 Å². The van der Waals surface area contributed by atoms with Gasteiger partial charge in [-0.3, -0.25) is 0 Å². The summed E-state index contributed by atoms with van der Waals surface area (Å²) in [4.78, 5) is 0. The third-order valence-corrected chi connectivity index (χ3v) is 2.87. The van der Waals surface area contributed by atoms with Crippen molar-refractivity contribution in [2.75, 3.05) is 6.61 Å². The van der Waals surface area contributed by atoms with E-state index in [-0.39, 0.29) is 18.1 Å². The Bertz CT molecular complexity index is 342. The molecule has 0 radical (unpaired) electrons. The molecule has 1 saturated heterocycles. The van der Waals surface area contributed by atoms with E-state index < -0.39 is 17.7 Å². The minimum absolute atomic E-state index is 0.0385. The van der Waals surface area contributed by atoms with Gasteiger partial charge in [0, 0.05) is 18.6 Å². The Morgan fingerprint density at radius 2 is 2.06 bits per heavy atom. The number of aliphatic hydroxyl groups excluding tert-OH is 1. The molecule has 1 aliphatic heterocycles. The first kappa shape index (κ1) is 11.5. The van der Waals surface area contributed by atoms with Gasteiger partial charge in [-0.25, -0.2) is 8.78 Å². The average molecular weight is 228 g/mol. The van der Waals surface area contributed by atoms with Gasteiger partial charge in [-0.2, -0.15) is 0 Å². The van der Waals surface area contributed by atoms with Gasteiger partial charge in [-0.15, -0.1) is 0 Å². The van der Waals surface area contributed by atoms with E-state index in [0.29, 0.717) is 6.61 Å². The maximum Gasteiger partial charge on any atom is 0.129 e. The van der Waals surface area contributed by atoms with E-state index in [4.69, 9.17) is 4.74 Å². The fourth-order valence-corrected chi connectivity index (χ4v) is 1.97. The molecule has 2 nitrogen and oxygen atoms in total. The fourth-order valence-electron chi connectivity index (χ4n) is 1.97. The summed E-state index contributed by atoms with van der Waals surface area (Å²) in [7, 11) is 0. The van der Waals surface area contributed by atoms with Crippen molar-refractivity contribution in [1.29, 1.82) is 0 Å². The third kappa shape index (κ3) is 2.39. The molecule has 0 amide bonds. The molecule has 2 unspecified atom stereocenters. The second-order valence-corrected chi connectivity index (χ2v) is 4.02. The monoisotopic (exact) mass is 228 g/mol. The van der Waals surface area contributed by atoms with Crippen LogP contribution in [-0.2, 0) is 11.2 Å². The molecular formula is C12H14F2O2. The number of halogens is 2. The molecule has 0 aliphatic carbocycles. The molecule has 1 N–H and O–H groups in total. The predicted molar refractivity (Wildman–Crippen MR) is 55.0 cm³/mol. The van der Waals surface area contributed by atoms with Crippen molar-refractivity contribution in [1.82, 2.24) is 0 Å². The van der Waals surface area contributed by atoms with E-state index in [1.807, 2.05) is 0 Å². The topological polar surface area (TPSA) is 29.5 Å². The third-order valence-electron chi connectivity index (χ3n) is 2.87. The lowest BCUT2D eigenvalue weighted by Gasteiger charge is -2.17. The van der Waals surface area contributed by atoms with Gasteiger partial charge in [0.05, 0.1) is 12.2 Å². The molecule has 0 saturated carbocycles. The lowest BCUT2D eigenvalue weighted by molar-refractivity contribution is -0.00151. The molecule has 1 aromatic rings. The van der Waals surface area contributed by atoms with Crippen molar-refractivity contribution in [2.45, 2.75) is 31.5 Å². The van der Waals surface area contributed by atoms with E-state index >= 15 is 0 Å². The van der Waals surface area contributed by atoms with Crippen molar-refractivity contribution >= 4 is 0 Å². The second-order valence-electron chi connectivity index (χ2n) is 4.02.